The van der Waals surface area contributed by atoms with Crippen LogP contribution in [0.2, 0.25) is 0 Å². The van der Waals surface area contributed by atoms with E-state index in [1.807, 2.05) is 24.3 Å². The molecule has 0 spiro atoms. The van der Waals surface area contributed by atoms with Crippen LogP contribution in [0.3, 0.4) is 0 Å². The third kappa shape index (κ3) is 4.42. The van der Waals surface area contributed by atoms with Crippen LogP contribution in [0, 0.1) is 0 Å². The summed E-state index contributed by atoms with van der Waals surface area (Å²) in [5, 5.41) is 0. The number of nitrogens with zero attached hydrogens (tertiary/aromatic N) is 1. The lowest BCUT2D eigenvalue weighted by Crippen LogP contribution is -2.25. The molecule has 150 valence electrons. The molecule has 5 heteroatoms. The van der Waals surface area contributed by atoms with E-state index in [0.29, 0.717) is 18.1 Å². The maximum atomic E-state index is 6.05. The maximum absolute atomic E-state index is 6.05. The van der Waals surface area contributed by atoms with Crippen molar-refractivity contribution >= 4 is 0 Å². The van der Waals surface area contributed by atoms with Crippen LogP contribution in [0.15, 0.2) is 42.0 Å². The number of hydrogen-bond acceptors (Lipinski definition) is 5. The molecule has 2 aromatic carbocycles. The van der Waals surface area contributed by atoms with E-state index in [9.17, 15) is 0 Å². The predicted octanol–water partition coefficient (Wildman–Crippen LogP) is 4.54. The summed E-state index contributed by atoms with van der Waals surface area (Å²) in [6.07, 6.45) is 2.25. The van der Waals surface area contributed by atoms with Gasteiger partial charge in [-0.1, -0.05) is 17.7 Å². The largest absolute Gasteiger partial charge is 0.493 e. The summed E-state index contributed by atoms with van der Waals surface area (Å²) in [4.78, 5) is 2.39. The van der Waals surface area contributed by atoms with Crippen molar-refractivity contribution in [3.8, 4) is 34.1 Å². The summed E-state index contributed by atoms with van der Waals surface area (Å²) >= 11 is 0. The summed E-state index contributed by atoms with van der Waals surface area (Å²) in [5.41, 5.74) is 4.55. The van der Waals surface area contributed by atoms with Gasteiger partial charge in [0.15, 0.2) is 23.0 Å². The second kappa shape index (κ2) is 9.02. The molecule has 1 aliphatic heterocycles. The molecule has 0 radical (unpaired) electrons. The molecule has 2 aromatic rings. The Morgan fingerprint density at radius 3 is 2.36 bits per heavy atom. The Morgan fingerprint density at radius 2 is 1.68 bits per heavy atom. The van der Waals surface area contributed by atoms with Gasteiger partial charge in [0.1, 0.15) is 6.61 Å². The summed E-state index contributed by atoms with van der Waals surface area (Å²) in [6, 6.07) is 10.1. The Balaban J connectivity index is 2.00. The van der Waals surface area contributed by atoms with Gasteiger partial charge in [0, 0.05) is 25.2 Å². The second-order valence-corrected chi connectivity index (χ2v) is 7.10. The molecule has 0 unspecified atom stereocenters. The predicted molar refractivity (Wildman–Crippen MR) is 112 cm³/mol. The third-order valence-electron chi connectivity index (χ3n) is 4.87. The van der Waals surface area contributed by atoms with Gasteiger partial charge in [-0.25, -0.2) is 0 Å². The van der Waals surface area contributed by atoms with Gasteiger partial charge in [-0.15, -0.1) is 0 Å². The lowest BCUT2D eigenvalue weighted by Gasteiger charge is -2.18. The highest BCUT2D eigenvalue weighted by molar-refractivity contribution is 5.71. The van der Waals surface area contributed by atoms with Crippen LogP contribution in [-0.2, 0) is 6.54 Å². The van der Waals surface area contributed by atoms with Crippen molar-refractivity contribution in [1.29, 1.82) is 0 Å². The van der Waals surface area contributed by atoms with Gasteiger partial charge in [-0.2, -0.15) is 0 Å². The first kappa shape index (κ1) is 20.1. The first-order valence-electron chi connectivity index (χ1n) is 9.47. The van der Waals surface area contributed by atoms with Crippen molar-refractivity contribution in [1.82, 2.24) is 4.90 Å². The number of hydrogen-bond donors (Lipinski definition) is 0. The van der Waals surface area contributed by atoms with Crippen LogP contribution in [0.5, 0.6) is 23.0 Å². The normalized spacial score (nSPS) is 13.8. The molecular weight excluding hydrogens is 354 g/mol. The van der Waals surface area contributed by atoms with Crippen molar-refractivity contribution in [2.75, 3.05) is 41.0 Å². The van der Waals surface area contributed by atoms with Gasteiger partial charge >= 0.3 is 0 Å². The van der Waals surface area contributed by atoms with Crippen LogP contribution in [0.1, 0.15) is 19.4 Å². The number of benzene rings is 2. The van der Waals surface area contributed by atoms with Crippen LogP contribution in [-0.4, -0.2) is 45.9 Å². The fourth-order valence-electron chi connectivity index (χ4n) is 3.34. The van der Waals surface area contributed by atoms with E-state index in [-0.39, 0.29) is 0 Å². The van der Waals surface area contributed by atoms with Crippen molar-refractivity contribution in [2.45, 2.75) is 20.4 Å². The zero-order valence-corrected chi connectivity index (χ0v) is 17.4. The lowest BCUT2D eigenvalue weighted by molar-refractivity contribution is 0.237. The van der Waals surface area contributed by atoms with Crippen LogP contribution in [0.4, 0.5) is 0 Å². The number of ether oxygens (including phenoxy) is 4. The smallest absolute Gasteiger partial charge is 0.165 e. The van der Waals surface area contributed by atoms with Gasteiger partial charge in [0.2, 0.25) is 0 Å². The molecule has 1 heterocycles. The van der Waals surface area contributed by atoms with Crippen molar-refractivity contribution in [3.63, 3.8) is 0 Å². The molecule has 28 heavy (non-hydrogen) atoms. The summed E-state index contributed by atoms with van der Waals surface area (Å²) < 4.78 is 22.5. The van der Waals surface area contributed by atoms with Crippen LogP contribution >= 0.6 is 0 Å². The summed E-state index contributed by atoms with van der Waals surface area (Å²) in [7, 11) is 4.97. The van der Waals surface area contributed by atoms with E-state index in [0.717, 1.165) is 47.8 Å². The molecule has 0 aliphatic carbocycles. The first-order valence-corrected chi connectivity index (χ1v) is 9.47. The van der Waals surface area contributed by atoms with Crippen LogP contribution in [0.25, 0.3) is 11.1 Å². The highest BCUT2D eigenvalue weighted by Gasteiger charge is 2.20. The van der Waals surface area contributed by atoms with Gasteiger partial charge in [0.05, 0.1) is 21.3 Å². The third-order valence-corrected chi connectivity index (χ3v) is 4.87. The van der Waals surface area contributed by atoms with Crippen molar-refractivity contribution in [3.05, 3.63) is 47.5 Å². The van der Waals surface area contributed by atoms with Gasteiger partial charge in [-0.05, 0) is 49.2 Å². The second-order valence-electron chi connectivity index (χ2n) is 7.10. The van der Waals surface area contributed by atoms with Gasteiger partial charge in [0.25, 0.3) is 0 Å². The zero-order valence-electron chi connectivity index (χ0n) is 17.4. The number of allylic oxidation sites excluding steroid dienone is 1. The minimum absolute atomic E-state index is 0.648. The molecule has 0 saturated carbocycles. The molecule has 0 N–H and O–H groups in total. The van der Waals surface area contributed by atoms with Crippen molar-refractivity contribution < 1.29 is 18.9 Å². The number of rotatable bonds is 6. The molecule has 3 rings (SSSR count). The fourth-order valence-corrected chi connectivity index (χ4v) is 3.34. The SMILES string of the molecule is COc1ccc(-c2cc3c(c(OC)c2)OCCN(CC=C(C)C)C3)cc1OC. The molecule has 0 amide bonds. The molecule has 0 atom stereocenters. The Bertz CT molecular complexity index is 856. The number of fused-ring (bicyclic) bond motifs is 1. The van der Waals surface area contributed by atoms with E-state index in [1.165, 1.54) is 5.57 Å². The topological polar surface area (TPSA) is 40.2 Å². The van der Waals surface area contributed by atoms with E-state index >= 15 is 0 Å². The van der Waals surface area contributed by atoms with E-state index in [4.69, 9.17) is 18.9 Å². The molecule has 0 bridgehead atoms. The average molecular weight is 383 g/mol. The fraction of sp³-hybridized carbons (Fsp3) is 0.391. The molecule has 1 aliphatic rings. The Kier molecular flexibility index (Phi) is 6.47. The highest BCUT2D eigenvalue weighted by Crippen LogP contribution is 2.40. The first-order chi connectivity index (χ1) is 13.5. The molecular formula is C23H29NO4. The Labute approximate surface area is 167 Å². The quantitative estimate of drug-likeness (QED) is 0.685. The Hall–Kier alpha value is -2.66. The molecule has 5 nitrogen and oxygen atoms in total. The van der Waals surface area contributed by atoms with E-state index in [2.05, 4.69) is 30.9 Å². The standard InChI is InChI=1S/C23H29NO4/c1-16(2)8-9-24-10-11-28-23-19(15-24)12-18(14-22(23)27-5)17-6-7-20(25-3)21(13-17)26-4/h6-8,12-14H,9-11,15H2,1-5H3. The minimum atomic E-state index is 0.648. The molecule has 0 fully saturated rings. The van der Waals surface area contributed by atoms with E-state index < -0.39 is 0 Å². The van der Waals surface area contributed by atoms with E-state index in [1.54, 1.807) is 21.3 Å². The molecule has 0 saturated heterocycles. The highest BCUT2D eigenvalue weighted by atomic mass is 16.5. The zero-order chi connectivity index (χ0) is 20.1. The van der Waals surface area contributed by atoms with Crippen molar-refractivity contribution in [2.24, 2.45) is 0 Å². The minimum Gasteiger partial charge on any atom is -0.493 e. The average Bonchev–Trinajstić information content (AvgIpc) is 2.92. The van der Waals surface area contributed by atoms with Gasteiger partial charge in [-0.3, -0.25) is 4.90 Å². The van der Waals surface area contributed by atoms with Crippen LogP contribution < -0.4 is 18.9 Å². The maximum Gasteiger partial charge on any atom is 0.165 e. The summed E-state index contributed by atoms with van der Waals surface area (Å²) in [5.74, 6) is 3.01. The monoisotopic (exact) mass is 383 g/mol. The lowest BCUT2D eigenvalue weighted by atomic mass is 10.0. The molecule has 0 aromatic heterocycles. The van der Waals surface area contributed by atoms with Gasteiger partial charge < -0.3 is 18.9 Å². The Morgan fingerprint density at radius 1 is 0.964 bits per heavy atom. The number of methoxy groups -OCH3 is 3. The summed E-state index contributed by atoms with van der Waals surface area (Å²) in [6.45, 7) is 7.51.